The number of hydrogen-bond donors (Lipinski definition) is 0. The summed E-state index contributed by atoms with van der Waals surface area (Å²) < 4.78 is 25.6. The van der Waals surface area contributed by atoms with Crippen molar-refractivity contribution in [3.05, 3.63) is 34.9 Å². The van der Waals surface area contributed by atoms with Crippen LogP contribution in [0.1, 0.15) is 12.5 Å². The first kappa shape index (κ1) is 15.3. The van der Waals surface area contributed by atoms with Crippen LogP contribution in [0, 0.1) is 11.8 Å². The van der Waals surface area contributed by atoms with Gasteiger partial charge in [0.15, 0.2) is 0 Å². The Bertz CT molecular complexity index is 589. The van der Waals surface area contributed by atoms with Gasteiger partial charge in [0.25, 0.3) is 0 Å². The molecule has 0 saturated carbocycles. The molecule has 2 fully saturated rings. The highest BCUT2D eigenvalue weighted by molar-refractivity contribution is 7.89. The van der Waals surface area contributed by atoms with Crippen molar-refractivity contribution < 1.29 is 8.42 Å². The van der Waals surface area contributed by atoms with E-state index in [1.807, 2.05) is 12.1 Å². The molecule has 116 valence electrons. The van der Waals surface area contributed by atoms with Crippen LogP contribution in [0.15, 0.2) is 24.3 Å². The summed E-state index contributed by atoms with van der Waals surface area (Å²) >= 11 is 5.90. The van der Waals surface area contributed by atoms with Crippen LogP contribution in [0.4, 0.5) is 0 Å². The molecule has 1 aromatic carbocycles. The Labute approximate surface area is 131 Å². The summed E-state index contributed by atoms with van der Waals surface area (Å²) in [5.41, 5.74) is 1.26. The van der Waals surface area contributed by atoms with Crippen LogP contribution in [0.5, 0.6) is 0 Å². The predicted octanol–water partition coefficient (Wildman–Crippen LogP) is 2.05. The van der Waals surface area contributed by atoms with E-state index in [9.17, 15) is 8.42 Å². The van der Waals surface area contributed by atoms with Crippen LogP contribution in [0.2, 0.25) is 5.02 Å². The monoisotopic (exact) mass is 328 g/mol. The lowest BCUT2D eigenvalue weighted by Gasteiger charge is -2.21. The molecule has 0 radical (unpaired) electrons. The van der Waals surface area contributed by atoms with Crippen molar-refractivity contribution in [2.45, 2.75) is 13.5 Å². The van der Waals surface area contributed by atoms with E-state index >= 15 is 0 Å². The minimum Gasteiger partial charge on any atom is -0.298 e. The molecule has 0 spiro atoms. The van der Waals surface area contributed by atoms with Crippen LogP contribution in [0.25, 0.3) is 0 Å². The topological polar surface area (TPSA) is 40.6 Å². The maximum absolute atomic E-state index is 11.9. The van der Waals surface area contributed by atoms with Gasteiger partial charge in [-0.2, -0.15) is 0 Å². The molecule has 2 heterocycles. The molecule has 0 aromatic heterocycles. The molecule has 2 aliphatic rings. The summed E-state index contributed by atoms with van der Waals surface area (Å²) in [6.07, 6.45) is 0. The molecule has 21 heavy (non-hydrogen) atoms. The third-order valence-electron chi connectivity index (χ3n) is 4.61. The maximum Gasteiger partial charge on any atom is 0.213 e. The summed E-state index contributed by atoms with van der Waals surface area (Å²) in [7, 11) is -3.02. The normalized spacial score (nSPS) is 27.1. The molecule has 6 heteroatoms. The van der Waals surface area contributed by atoms with Gasteiger partial charge in [0.2, 0.25) is 10.0 Å². The van der Waals surface area contributed by atoms with Gasteiger partial charge in [0.1, 0.15) is 0 Å². The molecule has 2 atom stereocenters. The van der Waals surface area contributed by atoms with Gasteiger partial charge in [-0.05, 0) is 36.5 Å². The smallest absolute Gasteiger partial charge is 0.213 e. The molecular weight excluding hydrogens is 308 g/mol. The molecular formula is C15H21ClN2O2S. The number of benzene rings is 1. The zero-order valence-corrected chi connectivity index (χ0v) is 13.8. The van der Waals surface area contributed by atoms with Gasteiger partial charge in [-0.15, -0.1) is 0 Å². The van der Waals surface area contributed by atoms with Gasteiger partial charge in [0, 0.05) is 37.7 Å². The number of rotatable bonds is 4. The van der Waals surface area contributed by atoms with E-state index < -0.39 is 10.0 Å². The lowest BCUT2D eigenvalue weighted by atomic mass is 10.0. The van der Waals surface area contributed by atoms with Gasteiger partial charge in [-0.25, -0.2) is 12.7 Å². The van der Waals surface area contributed by atoms with E-state index in [4.69, 9.17) is 11.6 Å². The van der Waals surface area contributed by atoms with E-state index in [0.717, 1.165) is 24.7 Å². The van der Waals surface area contributed by atoms with Crippen molar-refractivity contribution in [1.82, 2.24) is 9.21 Å². The molecule has 0 amide bonds. The van der Waals surface area contributed by atoms with Crippen molar-refractivity contribution >= 4 is 21.6 Å². The Kier molecular flexibility index (Phi) is 4.28. The van der Waals surface area contributed by atoms with Crippen molar-refractivity contribution in [3.8, 4) is 0 Å². The average Bonchev–Trinajstić information content (AvgIpc) is 3.00. The molecule has 4 nitrogen and oxygen atoms in total. The Morgan fingerprint density at radius 3 is 2.19 bits per heavy atom. The first-order valence-corrected chi connectivity index (χ1v) is 9.41. The lowest BCUT2D eigenvalue weighted by Crippen LogP contribution is -2.34. The van der Waals surface area contributed by atoms with Crippen molar-refractivity contribution in [2.75, 3.05) is 31.9 Å². The fourth-order valence-electron chi connectivity index (χ4n) is 3.43. The van der Waals surface area contributed by atoms with Gasteiger partial charge < -0.3 is 0 Å². The lowest BCUT2D eigenvalue weighted by molar-refractivity contribution is 0.290. The van der Waals surface area contributed by atoms with E-state index in [2.05, 4.69) is 17.0 Å². The third kappa shape index (κ3) is 3.26. The second kappa shape index (κ2) is 5.88. The number of fused-ring (bicyclic) bond motifs is 1. The standard InChI is InChI=1S/C15H21ClN2O2S/c1-2-21(19,20)18-10-13-8-17(9-14(13)11-18)7-12-3-5-15(16)6-4-12/h3-6,13-14H,2,7-11H2,1H3/t13-,14-/m1/s1. The molecule has 2 saturated heterocycles. The number of nitrogens with zero attached hydrogens (tertiary/aromatic N) is 2. The number of likely N-dealkylation sites (tertiary alicyclic amines) is 1. The second-order valence-electron chi connectivity index (χ2n) is 6.06. The van der Waals surface area contributed by atoms with Crippen molar-refractivity contribution in [3.63, 3.8) is 0 Å². The van der Waals surface area contributed by atoms with Crippen LogP contribution < -0.4 is 0 Å². The highest BCUT2D eigenvalue weighted by atomic mass is 35.5. The van der Waals surface area contributed by atoms with Crippen molar-refractivity contribution in [1.29, 1.82) is 0 Å². The molecule has 1 aromatic rings. The maximum atomic E-state index is 11.9. The Morgan fingerprint density at radius 1 is 1.10 bits per heavy atom. The molecule has 0 N–H and O–H groups in total. The summed E-state index contributed by atoms with van der Waals surface area (Å²) in [5.74, 6) is 1.18. The van der Waals surface area contributed by atoms with Crippen molar-refractivity contribution in [2.24, 2.45) is 11.8 Å². The Hall–Kier alpha value is -0.620. The quantitative estimate of drug-likeness (QED) is 0.849. The first-order valence-electron chi connectivity index (χ1n) is 7.42. The summed E-state index contributed by atoms with van der Waals surface area (Å²) in [6.45, 7) is 6.00. The van der Waals surface area contributed by atoms with E-state index in [0.29, 0.717) is 24.9 Å². The van der Waals surface area contributed by atoms with Crippen LogP contribution in [-0.2, 0) is 16.6 Å². The van der Waals surface area contributed by atoms with Gasteiger partial charge in [-0.3, -0.25) is 4.90 Å². The molecule has 0 aliphatic carbocycles. The Morgan fingerprint density at radius 2 is 1.67 bits per heavy atom. The van der Waals surface area contributed by atoms with Gasteiger partial charge >= 0.3 is 0 Å². The first-order chi connectivity index (χ1) is 9.98. The Balaban J connectivity index is 1.58. The zero-order valence-electron chi connectivity index (χ0n) is 12.2. The zero-order chi connectivity index (χ0) is 15.0. The minimum absolute atomic E-state index is 0.209. The van der Waals surface area contributed by atoms with Gasteiger partial charge in [0.05, 0.1) is 5.75 Å². The molecule has 0 bridgehead atoms. The molecule has 0 unspecified atom stereocenters. The molecule has 3 rings (SSSR count). The summed E-state index contributed by atoms with van der Waals surface area (Å²) in [4.78, 5) is 2.43. The largest absolute Gasteiger partial charge is 0.298 e. The average molecular weight is 329 g/mol. The summed E-state index contributed by atoms with van der Waals surface area (Å²) in [6, 6.07) is 7.96. The van der Waals surface area contributed by atoms with Gasteiger partial charge in [-0.1, -0.05) is 23.7 Å². The molecule has 2 aliphatic heterocycles. The number of hydrogen-bond acceptors (Lipinski definition) is 3. The van der Waals surface area contributed by atoms with Crippen LogP contribution in [0.3, 0.4) is 0 Å². The third-order valence-corrected chi connectivity index (χ3v) is 6.67. The SMILES string of the molecule is CCS(=O)(=O)N1C[C@H]2CN(Cc3ccc(Cl)cc3)C[C@@H]2C1. The van der Waals surface area contributed by atoms with E-state index in [1.54, 1.807) is 11.2 Å². The number of sulfonamides is 1. The summed E-state index contributed by atoms with van der Waals surface area (Å²) in [5, 5.41) is 0.762. The predicted molar refractivity (Wildman–Crippen MR) is 84.7 cm³/mol. The van der Waals surface area contributed by atoms with E-state index in [-0.39, 0.29) is 5.75 Å². The minimum atomic E-state index is -3.02. The van der Waals surface area contributed by atoms with Crippen LogP contribution >= 0.6 is 11.6 Å². The second-order valence-corrected chi connectivity index (χ2v) is 8.75. The fraction of sp³-hybridized carbons (Fsp3) is 0.600. The van der Waals surface area contributed by atoms with E-state index in [1.165, 1.54) is 5.56 Å². The highest BCUT2D eigenvalue weighted by Crippen LogP contribution is 2.33. The highest BCUT2D eigenvalue weighted by Gasteiger charge is 2.43. The van der Waals surface area contributed by atoms with Crippen LogP contribution in [-0.4, -0.2) is 49.6 Å². The fourth-order valence-corrected chi connectivity index (χ4v) is 4.76. The number of halogens is 1.